The van der Waals surface area contributed by atoms with E-state index in [-0.39, 0.29) is 12.1 Å². The Morgan fingerprint density at radius 1 is 1.44 bits per heavy atom. The van der Waals surface area contributed by atoms with Gasteiger partial charge in [0.2, 0.25) is 0 Å². The Bertz CT molecular complexity index is 355. The van der Waals surface area contributed by atoms with Gasteiger partial charge in [0.1, 0.15) is 5.69 Å². The number of alkyl halides is 1. The molecule has 0 unspecified atom stereocenters. The van der Waals surface area contributed by atoms with Gasteiger partial charge in [-0.05, 0) is 26.7 Å². The molecule has 0 aliphatic heterocycles. The van der Waals surface area contributed by atoms with E-state index in [2.05, 4.69) is 10.3 Å². The van der Waals surface area contributed by atoms with Crippen molar-refractivity contribution in [3.8, 4) is 0 Å². The first-order valence-corrected chi connectivity index (χ1v) is 5.85. The van der Waals surface area contributed by atoms with Crippen LogP contribution in [-0.2, 0) is 5.67 Å². The average molecular weight is 226 g/mol. The highest BCUT2D eigenvalue weighted by molar-refractivity contribution is 5.04. The summed E-state index contributed by atoms with van der Waals surface area (Å²) in [5.41, 5.74) is 4.99. The SMILES string of the molecule is CC(C)(F)c1cn([C@@H]2CCCC[C@@H]2N)nn1. The molecular weight excluding hydrogens is 207 g/mol. The standard InChI is InChI=1S/C11H19FN4/c1-11(2,12)10-7-16(15-14-10)9-6-4-3-5-8(9)13/h7-9H,3-6,13H2,1-2H3/t8-,9+/m0/s1. The van der Waals surface area contributed by atoms with Crippen molar-refractivity contribution in [3.63, 3.8) is 0 Å². The van der Waals surface area contributed by atoms with Crippen LogP contribution in [0.3, 0.4) is 0 Å². The van der Waals surface area contributed by atoms with Gasteiger partial charge < -0.3 is 5.73 Å². The molecular formula is C11H19FN4. The zero-order chi connectivity index (χ0) is 11.8. The lowest BCUT2D eigenvalue weighted by molar-refractivity contribution is 0.214. The van der Waals surface area contributed by atoms with Crippen LogP contribution < -0.4 is 5.73 Å². The van der Waals surface area contributed by atoms with Crippen LogP contribution in [-0.4, -0.2) is 21.0 Å². The third-order valence-corrected chi connectivity index (χ3v) is 3.24. The van der Waals surface area contributed by atoms with Crippen LogP contribution in [0.15, 0.2) is 6.20 Å². The van der Waals surface area contributed by atoms with Crippen LogP contribution in [0, 0.1) is 0 Å². The fraction of sp³-hybridized carbons (Fsp3) is 0.818. The maximum Gasteiger partial charge on any atom is 0.150 e. The molecule has 1 aromatic rings. The fourth-order valence-electron chi connectivity index (χ4n) is 2.18. The van der Waals surface area contributed by atoms with Crippen LogP contribution in [0.2, 0.25) is 0 Å². The summed E-state index contributed by atoms with van der Waals surface area (Å²) in [6, 6.07) is 0.295. The van der Waals surface area contributed by atoms with E-state index in [1.807, 2.05) is 0 Å². The third kappa shape index (κ3) is 2.24. The molecule has 1 aliphatic rings. The first-order chi connectivity index (χ1) is 7.48. The molecule has 1 heterocycles. The lowest BCUT2D eigenvalue weighted by Crippen LogP contribution is -2.35. The highest BCUT2D eigenvalue weighted by Crippen LogP contribution is 2.28. The predicted molar refractivity (Wildman–Crippen MR) is 59.6 cm³/mol. The zero-order valence-corrected chi connectivity index (χ0v) is 9.86. The number of halogens is 1. The zero-order valence-electron chi connectivity index (χ0n) is 9.86. The van der Waals surface area contributed by atoms with E-state index in [1.54, 1.807) is 10.9 Å². The summed E-state index contributed by atoms with van der Waals surface area (Å²) < 4.78 is 15.4. The molecule has 0 bridgehead atoms. The maximum absolute atomic E-state index is 13.7. The molecule has 1 fully saturated rings. The van der Waals surface area contributed by atoms with E-state index in [1.165, 1.54) is 20.3 Å². The molecule has 0 spiro atoms. The summed E-state index contributed by atoms with van der Waals surface area (Å²) in [4.78, 5) is 0. The van der Waals surface area contributed by atoms with Crippen LogP contribution in [0.1, 0.15) is 51.3 Å². The first kappa shape index (κ1) is 11.5. The Balaban J connectivity index is 2.18. The normalized spacial score (nSPS) is 27.0. The number of hydrogen-bond acceptors (Lipinski definition) is 3. The van der Waals surface area contributed by atoms with Gasteiger partial charge in [0.05, 0.1) is 12.2 Å². The van der Waals surface area contributed by atoms with Gasteiger partial charge in [-0.3, -0.25) is 0 Å². The van der Waals surface area contributed by atoms with E-state index >= 15 is 0 Å². The summed E-state index contributed by atoms with van der Waals surface area (Å²) in [7, 11) is 0. The lowest BCUT2D eigenvalue weighted by atomic mass is 9.91. The number of hydrogen-bond donors (Lipinski definition) is 1. The van der Waals surface area contributed by atoms with Crippen LogP contribution in [0.5, 0.6) is 0 Å². The lowest BCUT2D eigenvalue weighted by Gasteiger charge is -2.28. The van der Waals surface area contributed by atoms with Crippen LogP contribution in [0.4, 0.5) is 4.39 Å². The number of rotatable bonds is 2. The predicted octanol–water partition coefficient (Wildman–Crippen LogP) is 1.93. The quantitative estimate of drug-likeness (QED) is 0.838. The van der Waals surface area contributed by atoms with E-state index in [0.717, 1.165) is 19.3 Å². The largest absolute Gasteiger partial charge is 0.326 e. The van der Waals surface area contributed by atoms with E-state index in [0.29, 0.717) is 5.69 Å². The van der Waals surface area contributed by atoms with Crippen molar-refractivity contribution < 1.29 is 4.39 Å². The van der Waals surface area contributed by atoms with E-state index in [9.17, 15) is 4.39 Å². The molecule has 5 heteroatoms. The van der Waals surface area contributed by atoms with E-state index < -0.39 is 5.67 Å². The third-order valence-electron chi connectivity index (χ3n) is 3.24. The van der Waals surface area contributed by atoms with Gasteiger partial charge in [0, 0.05) is 6.04 Å². The minimum Gasteiger partial charge on any atom is -0.326 e. The molecule has 4 nitrogen and oxygen atoms in total. The summed E-state index contributed by atoms with van der Waals surface area (Å²) in [6.07, 6.45) is 6.05. The van der Waals surface area contributed by atoms with Gasteiger partial charge in [-0.25, -0.2) is 9.07 Å². The molecule has 0 amide bonds. The molecule has 1 saturated carbocycles. The first-order valence-electron chi connectivity index (χ1n) is 5.85. The van der Waals surface area contributed by atoms with Crippen LogP contribution >= 0.6 is 0 Å². The summed E-state index contributed by atoms with van der Waals surface area (Å²) in [5.74, 6) is 0. The monoisotopic (exact) mass is 226 g/mol. The van der Waals surface area contributed by atoms with Gasteiger partial charge >= 0.3 is 0 Å². The Morgan fingerprint density at radius 3 is 2.69 bits per heavy atom. The summed E-state index contributed by atoms with van der Waals surface area (Å²) in [5, 5.41) is 7.88. The number of nitrogens with two attached hydrogens (primary N) is 1. The molecule has 90 valence electrons. The average Bonchev–Trinajstić information content (AvgIpc) is 2.66. The highest BCUT2D eigenvalue weighted by Gasteiger charge is 2.28. The maximum atomic E-state index is 13.7. The topological polar surface area (TPSA) is 56.7 Å². The van der Waals surface area contributed by atoms with Crippen molar-refractivity contribution in [1.82, 2.24) is 15.0 Å². The van der Waals surface area contributed by atoms with Gasteiger partial charge in [-0.2, -0.15) is 0 Å². The van der Waals surface area contributed by atoms with Crippen LogP contribution in [0.25, 0.3) is 0 Å². The molecule has 2 atom stereocenters. The van der Waals surface area contributed by atoms with Gasteiger partial charge in [-0.1, -0.05) is 18.1 Å². The van der Waals surface area contributed by atoms with Crippen molar-refractivity contribution in [1.29, 1.82) is 0 Å². The van der Waals surface area contributed by atoms with E-state index in [4.69, 9.17) is 5.73 Å². The van der Waals surface area contributed by atoms with Gasteiger partial charge in [0.25, 0.3) is 0 Å². The molecule has 0 aromatic carbocycles. The molecule has 0 radical (unpaired) electrons. The summed E-state index contributed by atoms with van der Waals surface area (Å²) >= 11 is 0. The van der Waals surface area contributed by atoms with Crippen molar-refractivity contribution in [2.45, 2.75) is 57.3 Å². The smallest absolute Gasteiger partial charge is 0.150 e. The summed E-state index contributed by atoms with van der Waals surface area (Å²) in [6.45, 7) is 2.98. The number of nitrogens with zero attached hydrogens (tertiary/aromatic N) is 3. The molecule has 0 saturated heterocycles. The molecule has 2 rings (SSSR count). The minimum atomic E-state index is -1.43. The Labute approximate surface area is 95.0 Å². The van der Waals surface area contributed by atoms with Crippen molar-refractivity contribution >= 4 is 0 Å². The van der Waals surface area contributed by atoms with Crippen molar-refractivity contribution in [2.75, 3.05) is 0 Å². The Hall–Kier alpha value is -0.970. The fourth-order valence-corrected chi connectivity index (χ4v) is 2.18. The Morgan fingerprint density at radius 2 is 2.12 bits per heavy atom. The minimum absolute atomic E-state index is 0.117. The second-order valence-corrected chi connectivity index (χ2v) is 5.07. The molecule has 2 N–H and O–H groups in total. The highest BCUT2D eigenvalue weighted by atomic mass is 19.1. The molecule has 1 aromatic heterocycles. The van der Waals surface area contributed by atoms with Gasteiger partial charge in [0.15, 0.2) is 5.67 Å². The number of aromatic nitrogens is 3. The van der Waals surface area contributed by atoms with Crippen molar-refractivity contribution in [2.24, 2.45) is 5.73 Å². The van der Waals surface area contributed by atoms with Crippen molar-refractivity contribution in [3.05, 3.63) is 11.9 Å². The second kappa shape index (κ2) is 4.13. The van der Waals surface area contributed by atoms with Gasteiger partial charge in [-0.15, -0.1) is 5.10 Å². The molecule has 1 aliphatic carbocycles. The second-order valence-electron chi connectivity index (χ2n) is 5.07. The molecule has 16 heavy (non-hydrogen) atoms. The Kier molecular flexibility index (Phi) is 2.97.